The first-order valence-corrected chi connectivity index (χ1v) is 8.23. The third-order valence-electron chi connectivity index (χ3n) is 2.97. The molecule has 0 aromatic rings. The van der Waals surface area contributed by atoms with Crippen LogP contribution in [0, 0.1) is 0 Å². The van der Waals surface area contributed by atoms with Crippen LogP contribution in [0.4, 0.5) is 0 Å². The molecule has 0 aliphatic carbocycles. The monoisotopic (exact) mass is 278 g/mol. The molecule has 6 heteroatoms. The van der Waals surface area contributed by atoms with Gasteiger partial charge in [-0.15, -0.1) is 0 Å². The van der Waals surface area contributed by atoms with Gasteiger partial charge in [-0.1, -0.05) is 20.3 Å². The molecule has 0 bridgehead atoms. The van der Waals surface area contributed by atoms with Gasteiger partial charge in [-0.2, -0.15) is 0 Å². The molecule has 0 rings (SSSR count). The summed E-state index contributed by atoms with van der Waals surface area (Å²) in [7, 11) is -3.19. The van der Waals surface area contributed by atoms with E-state index in [1.54, 1.807) is 4.90 Å². The predicted molar refractivity (Wildman–Crippen MR) is 73.8 cm³/mol. The van der Waals surface area contributed by atoms with Gasteiger partial charge in [0.1, 0.15) is 0 Å². The number of unbranched alkanes of at least 4 members (excludes halogenated alkanes) is 1. The minimum atomic E-state index is -3.19. The van der Waals surface area contributed by atoms with Crippen LogP contribution in [0.2, 0.25) is 0 Å². The van der Waals surface area contributed by atoms with Crippen LogP contribution >= 0.6 is 0 Å². The van der Waals surface area contributed by atoms with E-state index >= 15 is 0 Å². The highest BCUT2D eigenvalue weighted by molar-refractivity contribution is 7.89. The van der Waals surface area contributed by atoms with Gasteiger partial charge in [0.2, 0.25) is 15.9 Å². The van der Waals surface area contributed by atoms with Gasteiger partial charge >= 0.3 is 0 Å². The smallest absolute Gasteiger partial charge is 0.219 e. The molecule has 0 aliphatic rings. The molecule has 0 spiro atoms. The Kier molecular flexibility index (Phi) is 8.18. The van der Waals surface area contributed by atoms with Crippen LogP contribution in [-0.2, 0) is 14.8 Å². The number of hydrogen-bond donors (Lipinski definition) is 1. The fourth-order valence-corrected chi connectivity index (χ4v) is 2.85. The Morgan fingerprint density at radius 1 is 1.33 bits per heavy atom. The normalized spacial score (nSPS) is 13.3. The van der Waals surface area contributed by atoms with E-state index in [2.05, 4.69) is 4.72 Å². The van der Waals surface area contributed by atoms with Gasteiger partial charge in [-0.3, -0.25) is 4.79 Å². The minimum absolute atomic E-state index is 0.0166. The Hall–Kier alpha value is -0.620. The van der Waals surface area contributed by atoms with Crippen molar-refractivity contribution in [3.8, 4) is 0 Å². The lowest BCUT2D eigenvalue weighted by Gasteiger charge is -2.27. The second kappa shape index (κ2) is 8.48. The summed E-state index contributed by atoms with van der Waals surface area (Å²) in [5, 5.41) is 0. The molecule has 5 nitrogen and oxygen atoms in total. The van der Waals surface area contributed by atoms with Crippen LogP contribution in [-0.4, -0.2) is 44.1 Å². The highest BCUT2D eigenvalue weighted by Gasteiger charge is 2.16. The number of nitrogens with one attached hydrogen (secondary N) is 1. The number of hydrogen-bond acceptors (Lipinski definition) is 3. The molecule has 108 valence electrons. The number of carbonyl (C=O) groups excluding carboxylic acids is 1. The summed E-state index contributed by atoms with van der Waals surface area (Å²) in [5.41, 5.74) is 0. The number of rotatable bonds is 9. The molecule has 1 atom stereocenters. The van der Waals surface area contributed by atoms with Gasteiger partial charge in [0.15, 0.2) is 0 Å². The maximum Gasteiger partial charge on any atom is 0.219 e. The van der Waals surface area contributed by atoms with Crippen molar-refractivity contribution in [3.63, 3.8) is 0 Å². The lowest BCUT2D eigenvalue weighted by molar-refractivity contribution is -0.130. The summed E-state index contributed by atoms with van der Waals surface area (Å²) >= 11 is 0. The highest BCUT2D eigenvalue weighted by atomic mass is 32.2. The molecular formula is C12H26N2O3S. The minimum Gasteiger partial charge on any atom is -0.339 e. The first-order valence-electron chi connectivity index (χ1n) is 6.58. The molecule has 1 N–H and O–H groups in total. The van der Waals surface area contributed by atoms with Crippen LogP contribution < -0.4 is 4.72 Å². The third kappa shape index (κ3) is 6.96. The number of amides is 1. The Balaban J connectivity index is 4.18. The van der Waals surface area contributed by atoms with Crippen LogP contribution in [0.15, 0.2) is 0 Å². The summed E-state index contributed by atoms with van der Waals surface area (Å²) in [4.78, 5) is 13.1. The molecule has 0 fully saturated rings. The van der Waals surface area contributed by atoms with Crippen molar-refractivity contribution >= 4 is 15.9 Å². The van der Waals surface area contributed by atoms with E-state index in [4.69, 9.17) is 0 Å². The summed E-state index contributed by atoms with van der Waals surface area (Å²) in [6.45, 7) is 8.15. The fraction of sp³-hybridized carbons (Fsp3) is 0.917. The van der Waals surface area contributed by atoms with E-state index in [9.17, 15) is 13.2 Å². The van der Waals surface area contributed by atoms with E-state index in [-0.39, 0.29) is 24.2 Å². The standard InChI is InChI=1S/C12H26N2O3S/c1-5-7-10-18(16,17)13-8-9-14(12(4)15)11(3)6-2/h11,13H,5-10H2,1-4H3. The quantitative estimate of drug-likeness (QED) is 0.692. The first kappa shape index (κ1) is 17.4. The second-order valence-corrected chi connectivity index (χ2v) is 6.46. The van der Waals surface area contributed by atoms with E-state index < -0.39 is 10.0 Å². The summed E-state index contributed by atoms with van der Waals surface area (Å²) in [6, 6.07) is 0.141. The van der Waals surface area contributed by atoms with Gasteiger partial charge in [-0.25, -0.2) is 13.1 Å². The van der Waals surface area contributed by atoms with Crippen LogP contribution in [0.1, 0.15) is 47.0 Å². The van der Waals surface area contributed by atoms with Crippen LogP contribution in [0.5, 0.6) is 0 Å². The summed E-state index contributed by atoms with van der Waals surface area (Å²) < 4.78 is 25.7. The van der Waals surface area contributed by atoms with E-state index in [1.807, 2.05) is 20.8 Å². The van der Waals surface area contributed by atoms with Gasteiger partial charge in [0, 0.05) is 26.1 Å². The lowest BCUT2D eigenvalue weighted by Crippen LogP contribution is -2.42. The molecular weight excluding hydrogens is 252 g/mol. The van der Waals surface area contributed by atoms with Crippen LogP contribution in [0.3, 0.4) is 0 Å². The summed E-state index contributed by atoms with van der Waals surface area (Å²) in [6.07, 6.45) is 2.38. The van der Waals surface area contributed by atoms with E-state index in [1.165, 1.54) is 6.92 Å². The molecule has 1 unspecified atom stereocenters. The average molecular weight is 278 g/mol. The Labute approximate surface area is 111 Å². The third-order valence-corrected chi connectivity index (χ3v) is 4.44. The number of nitrogens with zero attached hydrogens (tertiary/aromatic N) is 1. The molecule has 0 saturated carbocycles. The molecule has 0 aromatic carbocycles. The van der Waals surface area contributed by atoms with E-state index in [0.717, 1.165) is 12.8 Å². The predicted octanol–water partition coefficient (Wildman–Crippen LogP) is 1.35. The maximum atomic E-state index is 11.6. The first-order chi connectivity index (χ1) is 8.34. The lowest BCUT2D eigenvalue weighted by atomic mass is 10.2. The molecule has 0 saturated heterocycles. The molecule has 0 heterocycles. The molecule has 0 aliphatic heterocycles. The van der Waals surface area contributed by atoms with Gasteiger partial charge < -0.3 is 4.90 Å². The van der Waals surface area contributed by atoms with Crippen molar-refractivity contribution < 1.29 is 13.2 Å². The Morgan fingerprint density at radius 2 is 1.94 bits per heavy atom. The zero-order valence-corrected chi connectivity index (χ0v) is 12.7. The molecule has 1 amide bonds. The summed E-state index contributed by atoms with van der Waals surface area (Å²) in [5.74, 6) is 0.143. The SMILES string of the molecule is CCCCS(=O)(=O)NCCN(C(C)=O)C(C)CC. The van der Waals surface area contributed by atoms with Crippen molar-refractivity contribution in [2.24, 2.45) is 0 Å². The highest BCUT2D eigenvalue weighted by Crippen LogP contribution is 2.03. The Bertz CT molecular complexity index is 341. The van der Waals surface area contributed by atoms with Crippen molar-refractivity contribution in [2.75, 3.05) is 18.8 Å². The van der Waals surface area contributed by atoms with Crippen molar-refractivity contribution in [3.05, 3.63) is 0 Å². The second-order valence-electron chi connectivity index (χ2n) is 4.54. The van der Waals surface area contributed by atoms with Crippen molar-refractivity contribution in [1.82, 2.24) is 9.62 Å². The van der Waals surface area contributed by atoms with Crippen molar-refractivity contribution in [1.29, 1.82) is 0 Å². The largest absolute Gasteiger partial charge is 0.339 e. The maximum absolute atomic E-state index is 11.6. The molecule has 0 aromatic heterocycles. The number of carbonyl (C=O) groups is 1. The molecule has 18 heavy (non-hydrogen) atoms. The van der Waals surface area contributed by atoms with Gasteiger partial charge in [0.25, 0.3) is 0 Å². The Morgan fingerprint density at radius 3 is 2.39 bits per heavy atom. The molecule has 0 radical (unpaired) electrons. The number of sulfonamides is 1. The van der Waals surface area contributed by atoms with Gasteiger partial charge in [0.05, 0.1) is 5.75 Å². The van der Waals surface area contributed by atoms with E-state index in [0.29, 0.717) is 13.0 Å². The van der Waals surface area contributed by atoms with Crippen molar-refractivity contribution in [2.45, 2.75) is 53.0 Å². The van der Waals surface area contributed by atoms with Crippen LogP contribution in [0.25, 0.3) is 0 Å². The average Bonchev–Trinajstić information content (AvgIpc) is 2.30. The zero-order valence-electron chi connectivity index (χ0n) is 11.9. The fourth-order valence-electron chi connectivity index (χ4n) is 1.64. The topological polar surface area (TPSA) is 66.5 Å². The zero-order chi connectivity index (χ0) is 14.2. The van der Waals surface area contributed by atoms with Gasteiger partial charge in [-0.05, 0) is 19.8 Å².